The van der Waals surface area contributed by atoms with Crippen molar-refractivity contribution in [1.82, 2.24) is 10.2 Å². The van der Waals surface area contributed by atoms with Gasteiger partial charge < -0.3 is 20.6 Å². The van der Waals surface area contributed by atoms with Crippen LogP contribution in [0.4, 0.5) is 0 Å². The maximum atomic E-state index is 11.4. The summed E-state index contributed by atoms with van der Waals surface area (Å²) in [6, 6.07) is -1.10. The van der Waals surface area contributed by atoms with Gasteiger partial charge in [-0.25, -0.2) is 0 Å². The van der Waals surface area contributed by atoms with Crippen LogP contribution in [0.1, 0.15) is 90.4 Å². The minimum absolute atomic E-state index is 0.232. The molecule has 4 N–H and O–H groups in total. The molecule has 8 heteroatoms. The van der Waals surface area contributed by atoms with Crippen LogP contribution in [0, 0.1) is 0 Å². The van der Waals surface area contributed by atoms with Gasteiger partial charge in [0.05, 0.1) is 13.1 Å². The van der Waals surface area contributed by atoms with Crippen molar-refractivity contribution in [3.63, 3.8) is 0 Å². The zero-order valence-electron chi connectivity index (χ0n) is 18.6. The molecule has 0 saturated carbocycles. The maximum Gasteiger partial charge on any atom is 0.320 e. The van der Waals surface area contributed by atoms with Gasteiger partial charge in [0.25, 0.3) is 0 Å². The zero-order chi connectivity index (χ0) is 22.6. The SMILES string of the molecule is CCCCCCCCCCCCNCCCC[C@@H](C(=O)O)N(CC(=O)O)CC(=O)O. The molecule has 0 aromatic carbocycles. The Balaban J connectivity index is 3.77. The summed E-state index contributed by atoms with van der Waals surface area (Å²) in [5, 5.41) is 30.5. The van der Waals surface area contributed by atoms with Gasteiger partial charge in [0.1, 0.15) is 6.04 Å². The second kappa shape index (κ2) is 19.3. The molecule has 0 aromatic rings. The molecular formula is C22H42N2O6. The van der Waals surface area contributed by atoms with Crippen LogP contribution in [-0.2, 0) is 14.4 Å². The van der Waals surface area contributed by atoms with Crippen molar-refractivity contribution < 1.29 is 29.7 Å². The van der Waals surface area contributed by atoms with Crippen LogP contribution in [0.5, 0.6) is 0 Å². The van der Waals surface area contributed by atoms with E-state index in [1.54, 1.807) is 0 Å². The molecule has 0 aliphatic carbocycles. The lowest BCUT2D eigenvalue weighted by molar-refractivity contribution is -0.149. The number of carbonyl (C=O) groups is 3. The highest BCUT2D eigenvalue weighted by Gasteiger charge is 2.28. The number of nitrogens with one attached hydrogen (secondary N) is 1. The summed E-state index contributed by atoms with van der Waals surface area (Å²) < 4.78 is 0. The van der Waals surface area contributed by atoms with Gasteiger partial charge in [0, 0.05) is 0 Å². The Hall–Kier alpha value is -1.67. The van der Waals surface area contributed by atoms with E-state index in [1.165, 1.54) is 57.8 Å². The molecule has 0 saturated heterocycles. The third-order valence-electron chi connectivity index (χ3n) is 5.19. The molecule has 0 spiro atoms. The summed E-state index contributed by atoms with van der Waals surface area (Å²) in [5.74, 6) is -3.66. The van der Waals surface area contributed by atoms with Crippen LogP contribution in [0.2, 0.25) is 0 Å². The van der Waals surface area contributed by atoms with E-state index in [-0.39, 0.29) is 6.42 Å². The van der Waals surface area contributed by atoms with Crippen molar-refractivity contribution in [3.8, 4) is 0 Å². The lowest BCUT2D eigenvalue weighted by Gasteiger charge is -2.25. The largest absolute Gasteiger partial charge is 0.480 e. The lowest BCUT2D eigenvalue weighted by atomic mass is 10.1. The van der Waals surface area contributed by atoms with Crippen molar-refractivity contribution >= 4 is 17.9 Å². The monoisotopic (exact) mass is 430 g/mol. The minimum Gasteiger partial charge on any atom is -0.480 e. The standard InChI is InChI=1S/C22H42N2O6/c1-2-3-4-5-6-7-8-9-10-12-15-23-16-13-11-14-19(22(29)30)24(17-20(25)26)18-21(27)28/h19,23H,2-18H2,1H3,(H,25,26)(H,27,28)(H,29,30)/t19-/m0/s1. The Morgan fingerprint density at radius 1 is 0.700 bits per heavy atom. The summed E-state index contributed by atoms with van der Waals surface area (Å²) in [7, 11) is 0. The Morgan fingerprint density at radius 2 is 1.13 bits per heavy atom. The van der Waals surface area contributed by atoms with Crippen LogP contribution in [0.3, 0.4) is 0 Å². The third kappa shape index (κ3) is 17.2. The number of nitrogens with zero attached hydrogens (tertiary/aromatic N) is 1. The molecule has 0 aromatic heterocycles. The Kier molecular flexibility index (Phi) is 18.2. The fourth-order valence-corrected chi connectivity index (χ4v) is 3.54. The summed E-state index contributed by atoms with van der Waals surface area (Å²) in [6.07, 6.45) is 14.6. The van der Waals surface area contributed by atoms with E-state index in [4.69, 9.17) is 10.2 Å². The van der Waals surface area contributed by atoms with Crippen molar-refractivity contribution in [2.24, 2.45) is 0 Å². The fourth-order valence-electron chi connectivity index (χ4n) is 3.54. The fraction of sp³-hybridized carbons (Fsp3) is 0.864. The van der Waals surface area contributed by atoms with E-state index < -0.39 is 37.0 Å². The Labute approximate surface area is 181 Å². The Morgan fingerprint density at radius 3 is 1.57 bits per heavy atom. The zero-order valence-corrected chi connectivity index (χ0v) is 18.6. The average molecular weight is 431 g/mol. The molecule has 0 unspecified atom stereocenters. The van der Waals surface area contributed by atoms with Gasteiger partial charge in [0.2, 0.25) is 0 Å². The smallest absolute Gasteiger partial charge is 0.320 e. The van der Waals surface area contributed by atoms with Crippen LogP contribution in [0.25, 0.3) is 0 Å². The van der Waals surface area contributed by atoms with Gasteiger partial charge >= 0.3 is 17.9 Å². The molecule has 0 radical (unpaired) electrons. The minimum atomic E-state index is -1.24. The highest BCUT2D eigenvalue weighted by molar-refractivity contribution is 5.78. The number of rotatable bonds is 22. The number of carboxylic acids is 3. The first-order valence-corrected chi connectivity index (χ1v) is 11.5. The predicted molar refractivity (Wildman–Crippen MR) is 117 cm³/mol. The topological polar surface area (TPSA) is 127 Å². The van der Waals surface area contributed by atoms with Crippen molar-refractivity contribution in [2.45, 2.75) is 96.4 Å². The number of hydrogen-bond donors (Lipinski definition) is 4. The molecule has 0 amide bonds. The third-order valence-corrected chi connectivity index (χ3v) is 5.19. The first-order chi connectivity index (χ1) is 14.4. The summed E-state index contributed by atoms with van der Waals surface area (Å²) >= 11 is 0. The van der Waals surface area contributed by atoms with Crippen molar-refractivity contribution in [1.29, 1.82) is 0 Å². The molecule has 0 aliphatic heterocycles. The number of carboxylic acid groups (broad SMARTS) is 3. The predicted octanol–water partition coefficient (Wildman–Crippen LogP) is 3.59. The molecule has 8 nitrogen and oxygen atoms in total. The van der Waals surface area contributed by atoms with Crippen LogP contribution < -0.4 is 5.32 Å². The van der Waals surface area contributed by atoms with Crippen molar-refractivity contribution in [2.75, 3.05) is 26.2 Å². The maximum absolute atomic E-state index is 11.4. The summed E-state index contributed by atoms with van der Waals surface area (Å²) in [5.41, 5.74) is 0. The van der Waals surface area contributed by atoms with Gasteiger partial charge in [-0.05, 0) is 32.4 Å². The normalized spacial score (nSPS) is 12.2. The van der Waals surface area contributed by atoms with Gasteiger partial charge in [-0.1, -0.05) is 71.1 Å². The molecule has 0 heterocycles. The van der Waals surface area contributed by atoms with E-state index in [1.807, 2.05) is 0 Å². The van der Waals surface area contributed by atoms with E-state index in [2.05, 4.69) is 12.2 Å². The number of hydrogen-bond acceptors (Lipinski definition) is 5. The van der Waals surface area contributed by atoms with Crippen LogP contribution in [-0.4, -0.2) is 70.3 Å². The second-order valence-corrected chi connectivity index (χ2v) is 7.97. The van der Waals surface area contributed by atoms with Crippen molar-refractivity contribution in [3.05, 3.63) is 0 Å². The van der Waals surface area contributed by atoms with Gasteiger partial charge in [0.15, 0.2) is 0 Å². The average Bonchev–Trinajstić information content (AvgIpc) is 2.66. The molecule has 0 rings (SSSR count). The molecular weight excluding hydrogens is 388 g/mol. The quantitative estimate of drug-likeness (QED) is 0.192. The molecule has 0 bridgehead atoms. The second-order valence-electron chi connectivity index (χ2n) is 7.97. The molecule has 176 valence electrons. The van der Waals surface area contributed by atoms with Crippen LogP contribution in [0.15, 0.2) is 0 Å². The molecule has 1 atom stereocenters. The van der Waals surface area contributed by atoms with Gasteiger partial charge in [-0.15, -0.1) is 0 Å². The van der Waals surface area contributed by atoms with Gasteiger partial charge in [-0.3, -0.25) is 19.3 Å². The molecule has 0 aliphatic rings. The summed E-state index contributed by atoms with van der Waals surface area (Å²) in [4.78, 5) is 34.2. The van der Waals surface area contributed by atoms with Crippen LogP contribution >= 0.6 is 0 Å². The highest BCUT2D eigenvalue weighted by atomic mass is 16.4. The first-order valence-electron chi connectivity index (χ1n) is 11.5. The van der Waals surface area contributed by atoms with E-state index in [0.717, 1.165) is 30.8 Å². The number of unbranched alkanes of at least 4 members (excludes halogenated alkanes) is 10. The lowest BCUT2D eigenvalue weighted by Crippen LogP contribution is -2.46. The first kappa shape index (κ1) is 28.3. The Bertz CT molecular complexity index is 457. The van der Waals surface area contributed by atoms with E-state index >= 15 is 0 Å². The van der Waals surface area contributed by atoms with Gasteiger partial charge in [-0.2, -0.15) is 0 Å². The number of aliphatic carboxylic acids is 3. The highest BCUT2D eigenvalue weighted by Crippen LogP contribution is 2.11. The molecule has 30 heavy (non-hydrogen) atoms. The molecule has 0 fully saturated rings. The van der Waals surface area contributed by atoms with E-state index in [9.17, 15) is 19.5 Å². The van der Waals surface area contributed by atoms with E-state index in [0.29, 0.717) is 6.42 Å². The summed E-state index contributed by atoms with van der Waals surface area (Å²) in [6.45, 7) is 2.77.